The maximum atomic E-state index is 13.0. The van der Waals surface area contributed by atoms with E-state index in [1.807, 2.05) is 6.92 Å². The predicted octanol–water partition coefficient (Wildman–Crippen LogP) is 0.0788. The number of aromatic nitrogens is 2. The van der Waals surface area contributed by atoms with Gasteiger partial charge in [0.2, 0.25) is 11.8 Å². The fourth-order valence-corrected chi connectivity index (χ4v) is 3.18. The van der Waals surface area contributed by atoms with Gasteiger partial charge in [0.15, 0.2) is 0 Å². The van der Waals surface area contributed by atoms with E-state index in [1.165, 1.54) is 22.9 Å². The Morgan fingerprint density at radius 3 is 2.81 bits per heavy atom. The molecule has 1 aromatic heterocycles. The fourth-order valence-electron chi connectivity index (χ4n) is 3.18. The summed E-state index contributed by atoms with van der Waals surface area (Å²) in [7, 11) is 0. The molecular weight excluding hydrogens is 354 g/mol. The SMILES string of the molecule is CCCC[C@@H](C(=O)N1CCC[C@H]1C(=O)Nc1ccncn1)[C@H](O)C(=O)NO. The summed E-state index contributed by atoms with van der Waals surface area (Å²) in [5.74, 6) is -2.58. The van der Waals surface area contributed by atoms with Crippen molar-refractivity contribution in [1.82, 2.24) is 20.3 Å². The number of hydroxylamine groups is 1. The molecule has 0 bridgehead atoms. The van der Waals surface area contributed by atoms with Crippen LogP contribution in [-0.2, 0) is 14.4 Å². The number of aliphatic hydroxyl groups excluding tert-OH is 1. The van der Waals surface area contributed by atoms with Crippen molar-refractivity contribution in [2.45, 2.75) is 51.2 Å². The summed E-state index contributed by atoms with van der Waals surface area (Å²) in [5, 5.41) is 21.6. The van der Waals surface area contributed by atoms with E-state index in [0.717, 1.165) is 6.42 Å². The van der Waals surface area contributed by atoms with Crippen LogP contribution in [0, 0.1) is 5.92 Å². The predicted molar refractivity (Wildman–Crippen MR) is 94.3 cm³/mol. The average Bonchev–Trinajstić information content (AvgIpc) is 3.18. The van der Waals surface area contributed by atoms with Crippen molar-refractivity contribution in [2.75, 3.05) is 11.9 Å². The first-order chi connectivity index (χ1) is 13.0. The Bertz CT molecular complexity index is 656. The molecule has 10 nitrogen and oxygen atoms in total. The first kappa shape index (κ1) is 20.7. The van der Waals surface area contributed by atoms with Crippen LogP contribution in [0.25, 0.3) is 0 Å². The van der Waals surface area contributed by atoms with Crippen LogP contribution in [0.1, 0.15) is 39.0 Å². The molecule has 2 rings (SSSR count). The second-order valence-corrected chi connectivity index (χ2v) is 6.44. The number of anilines is 1. The van der Waals surface area contributed by atoms with Gasteiger partial charge < -0.3 is 15.3 Å². The monoisotopic (exact) mass is 379 g/mol. The molecule has 1 aromatic rings. The molecule has 0 saturated carbocycles. The summed E-state index contributed by atoms with van der Waals surface area (Å²) in [6, 6.07) is 0.833. The van der Waals surface area contributed by atoms with Gasteiger partial charge in [0.25, 0.3) is 5.91 Å². The molecule has 0 aromatic carbocycles. The van der Waals surface area contributed by atoms with Crippen molar-refractivity contribution in [3.05, 3.63) is 18.6 Å². The molecule has 27 heavy (non-hydrogen) atoms. The second kappa shape index (κ2) is 9.93. The summed E-state index contributed by atoms with van der Waals surface area (Å²) in [5.41, 5.74) is 1.38. The van der Waals surface area contributed by atoms with Gasteiger partial charge in [-0.05, 0) is 25.3 Å². The largest absolute Gasteiger partial charge is 0.382 e. The van der Waals surface area contributed by atoms with E-state index in [9.17, 15) is 19.5 Å². The lowest BCUT2D eigenvalue weighted by Gasteiger charge is -2.29. The molecule has 1 aliphatic heterocycles. The molecule has 148 valence electrons. The minimum absolute atomic E-state index is 0.278. The molecule has 10 heteroatoms. The Kier molecular flexibility index (Phi) is 7.62. The fraction of sp³-hybridized carbons (Fsp3) is 0.588. The van der Waals surface area contributed by atoms with E-state index in [2.05, 4.69) is 15.3 Å². The molecule has 0 spiro atoms. The van der Waals surface area contributed by atoms with E-state index in [0.29, 0.717) is 31.6 Å². The lowest BCUT2D eigenvalue weighted by molar-refractivity contribution is -0.152. The average molecular weight is 379 g/mol. The molecule has 3 amide bonds. The zero-order chi connectivity index (χ0) is 19.8. The molecule has 0 unspecified atom stereocenters. The molecule has 3 atom stereocenters. The van der Waals surface area contributed by atoms with Gasteiger partial charge in [0.05, 0.1) is 5.92 Å². The van der Waals surface area contributed by atoms with Gasteiger partial charge in [-0.15, -0.1) is 0 Å². The number of unbranched alkanes of at least 4 members (excludes halogenated alkanes) is 1. The van der Waals surface area contributed by atoms with Crippen LogP contribution >= 0.6 is 0 Å². The van der Waals surface area contributed by atoms with Crippen molar-refractivity contribution in [1.29, 1.82) is 0 Å². The lowest BCUT2D eigenvalue weighted by atomic mass is 9.93. The highest BCUT2D eigenvalue weighted by Crippen LogP contribution is 2.25. The molecule has 1 fully saturated rings. The third-order valence-electron chi connectivity index (χ3n) is 4.62. The first-order valence-electron chi connectivity index (χ1n) is 8.99. The zero-order valence-electron chi connectivity index (χ0n) is 15.2. The molecule has 4 N–H and O–H groups in total. The molecule has 2 heterocycles. The number of nitrogens with one attached hydrogen (secondary N) is 2. The minimum atomic E-state index is -1.68. The van der Waals surface area contributed by atoms with Gasteiger partial charge in [-0.3, -0.25) is 19.6 Å². The van der Waals surface area contributed by atoms with Crippen LogP contribution in [0.2, 0.25) is 0 Å². The number of hydrogen-bond donors (Lipinski definition) is 4. The van der Waals surface area contributed by atoms with E-state index < -0.39 is 29.9 Å². The number of rotatable bonds is 8. The number of nitrogens with zero attached hydrogens (tertiary/aromatic N) is 3. The van der Waals surface area contributed by atoms with Crippen molar-refractivity contribution in [2.24, 2.45) is 5.92 Å². The number of likely N-dealkylation sites (tertiary alicyclic amines) is 1. The number of hydrogen-bond acceptors (Lipinski definition) is 7. The Morgan fingerprint density at radius 2 is 2.19 bits per heavy atom. The van der Waals surface area contributed by atoms with Gasteiger partial charge in [-0.2, -0.15) is 0 Å². The number of aliphatic hydroxyl groups is 1. The Balaban J connectivity index is 2.12. The third-order valence-corrected chi connectivity index (χ3v) is 4.62. The van der Waals surface area contributed by atoms with Crippen LogP contribution in [0.3, 0.4) is 0 Å². The highest BCUT2D eigenvalue weighted by Gasteiger charge is 2.41. The number of amides is 3. The zero-order valence-corrected chi connectivity index (χ0v) is 15.2. The van der Waals surface area contributed by atoms with Crippen LogP contribution < -0.4 is 10.8 Å². The van der Waals surface area contributed by atoms with Crippen LogP contribution in [0.4, 0.5) is 5.82 Å². The summed E-state index contributed by atoms with van der Waals surface area (Å²) in [4.78, 5) is 46.3. The normalized spacial score (nSPS) is 18.6. The molecule has 1 aliphatic rings. The van der Waals surface area contributed by atoms with Crippen molar-refractivity contribution in [3.8, 4) is 0 Å². The summed E-state index contributed by atoms with van der Waals surface area (Å²) in [6.45, 7) is 2.28. The number of carbonyl (C=O) groups excluding carboxylic acids is 3. The summed E-state index contributed by atoms with van der Waals surface area (Å²) >= 11 is 0. The maximum absolute atomic E-state index is 13.0. The topological polar surface area (TPSA) is 145 Å². The Labute approximate surface area is 156 Å². The molecular formula is C17H25N5O5. The second-order valence-electron chi connectivity index (χ2n) is 6.44. The summed E-state index contributed by atoms with van der Waals surface area (Å²) in [6.07, 6.45) is 3.90. The van der Waals surface area contributed by atoms with Gasteiger partial charge in [-0.25, -0.2) is 15.4 Å². The van der Waals surface area contributed by atoms with Crippen molar-refractivity contribution < 1.29 is 24.7 Å². The van der Waals surface area contributed by atoms with Gasteiger partial charge >= 0.3 is 0 Å². The van der Waals surface area contributed by atoms with E-state index >= 15 is 0 Å². The van der Waals surface area contributed by atoms with Gasteiger partial charge in [0, 0.05) is 12.7 Å². The highest BCUT2D eigenvalue weighted by atomic mass is 16.5. The van der Waals surface area contributed by atoms with E-state index in [-0.39, 0.29) is 12.3 Å². The Hall–Kier alpha value is -2.59. The van der Waals surface area contributed by atoms with Crippen LogP contribution in [0.15, 0.2) is 18.6 Å². The number of carbonyl (C=O) groups is 3. The third kappa shape index (κ3) is 5.20. The lowest BCUT2D eigenvalue weighted by Crippen LogP contribution is -2.50. The van der Waals surface area contributed by atoms with Crippen LogP contribution in [0.5, 0.6) is 0 Å². The minimum Gasteiger partial charge on any atom is -0.382 e. The quantitative estimate of drug-likeness (QED) is 0.370. The van der Waals surface area contributed by atoms with E-state index in [1.54, 1.807) is 6.07 Å². The van der Waals surface area contributed by atoms with Gasteiger partial charge in [-0.1, -0.05) is 19.8 Å². The molecule has 1 saturated heterocycles. The molecule has 0 aliphatic carbocycles. The van der Waals surface area contributed by atoms with Crippen LogP contribution in [-0.4, -0.2) is 61.6 Å². The van der Waals surface area contributed by atoms with Gasteiger partial charge in [0.1, 0.15) is 24.3 Å². The smallest absolute Gasteiger partial charge is 0.272 e. The Morgan fingerprint density at radius 1 is 1.41 bits per heavy atom. The molecule has 0 radical (unpaired) electrons. The maximum Gasteiger partial charge on any atom is 0.272 e. The highest BCUT2D eigenvalue weighted by molar-refractivity contribution is 5.98. The van der Waals surface area contributed by atoms with Crippen molar-refractivity contribution >= 4 is 23.5 Å². The van der Waals surface area contributed by atoms with E-state index in [4.69, 9.17) is 5.21 Å². The standard InChI is InChI=1S/C17H25N5O5/c1-2-3-5-11(14(23)16(25)21-27)17(26)22-9-4-6-12(22)15(24)20-13-7-8-18-10-19-13/h7-8,10-12,14,23,27H,2-6,9H2,1H3,(H,21,25)(H,18,19,20,24)/t11-,12+,14+/m1/s1. The first-order valence-corrected chi connectivity index (χ1v) is 8.99. The van der Waals surface area contributed by atoms with Crippen molar-refractivity contribution in [3.63, 3.8) is 0 Å². The summed E-state index contributed by atoms with van der Waals surface area (Å²) < 4.78 is 0.